The summed E-state index contributed by atoms with van der Waals surface area (Å²) in [5.41, 5.74) is 1.61. The first kappa shape index (κ1) is 8.79. The predicted molar refractivity (Wildman–Crippen MR) is 50.2 cm³/mol. The van der Waals surface area contributed by atoms with Gasteiger partial charge in [0.2, 0.25) is 0 Å². The van der Waals surface area contributed by atoms with E-state index in [4.69, 9.17) is 4.74 Å². The van der Waals surface area contributed by atoms with Crippen LogP contribution < -0.4 is 0 Å². The van der Waals surface area contributed by atoms with E-state index < -0.39 is 0 Å². The lowest BCUT2D eigenvalue weighted by atomic mass is 9.88. The Labute approximate surface area is 79.0 Å². The van der Waals surface area contributed by atoms with Crippen LogP contribution in [0, 0.1) is 5.92 Å². The van der Waals surface area contributed by atoms with Crippen molar-refractivity contribution in [2.24, 2.45) is 5.92 Å². The minimum atomic E-state index is -0.139. The molecule has 2 atom stereocenters. The average molecular weight is 180 g/mol. The molecule has 0 heterocycles. The van der Waals surface area contributed by atoms with Gasteiger partial charge in [-0.05, 0) is 31.6 Å². The number of hydrogen-bond acceptors (Lipinski definition) is 2. The van der Waals surface area contributed by atoms with Crippen molar-refractivity contribution in [3.63, 3.8) is 0 Å². The summed E-state index contributed by atoms with van der Waals surface area (Å²) in [5.74, 6) is 0.581. The molecule has 13 heavy (non-hydrogen) atoms. The van der Waals surface area contributed by atoms with Gasteiger partial charge in [0.05, 0.1) is 0 Å². The van der Waals surface area contributed by atoms with Crippen LogP contribution in [0.25, 0.3) is 0 Å². The van der Waals surface area contributed by atoms with Crippen molar-refractivity contribution in [1.29, 1.82) is 0 Å². The van der Waals surface area contributed by atoms with Gasteiger partial charge in [-0.25, -0.2) is 0 Å². The second-order valence-electron chi connectivity index (χ2n) is 4.07. The van der Waals surface area contributed by atoms with E-state index in [-0.39, 0.29) is 12.1 Å². The Morgan fingerprint density at radius 2 is 2.46 bits per heavy atom. The van der Waals surface area contributed by atoms with Crippen molar-refractivity contribution in [2.75, 3.05) is 0 Å². The van der Waals surface area contributed by atoms with E-state index in [0.29, 0.717) is 0 Å². The van der Waals surface area contributed by atoms with Crippen LogP contribution in [0.1, 0.15) is 39.0 Å². The van der Waals surface area contributed by atoms with Crippen LogP contribution in [0.5, 0.6) is 0 Å². The van der Waals surface area contributed by atoms with Gasteiger partial charge in [-0.3, -0.25) is 4.79 Å². The molecule has 0 saturated heterocycles. The quantitative estimate of drug-likeness (QED) is 0.457. The van der Waals surface area contributed by atoms with Gasteiger partial charge >= 0.3 is 5.97 Å². The molecule has 0 aromatic rings. The lowest BCUT2D eigenvalue weighted by Crippen LogP contribution is -2.22. The van der Waals surface area contributed by atoms with Gasteiger partial charge in [-0.1, -0.05) is 11.6 Å². The summed E-state index contributed by atoms with van der Waals surface area (Å²) in [6, 6.07) is 0. The van der Waals surface area contributed by atoms with Crippen molar-refractivity contribution in [2.45, 2.75) is 45.1 Å². The Kier molecular flexibility index (Phi) is 2.38. The van der Waals surface area contributed by atoms with Crippen LogP contribution in [-0.2, 0) is 9.53 Å². The summed E-state index contributed by atoms with van der Waals surface area (Å²) in [7, 11) is 0. The number of fused-ring (bicyclic) bond motifs is 1. The van der Waals surface area contributed by atoms with E-state index in [9.17, 15) is 4.79 Å². The number of esters is 1. The largest absolute Gasteiger partial charge is 0.462 e. The molecule has 1 fully saturated rings. The van der Waals surface area contributed by atoms with E-state index in [1.54, 1.807) is 5.57 Å². The fourth-order valence-electron chi connectivity index (χ4n) is 2.51. The Morgan fingerprint density at radius 3 is 3.23 bits per heavy atom. The summed E-state index contributed by atoms with van der Waals surface area (Å²) >= 11 is 0. The first-order valence-electron chi connectivity index (χ1n) is 5.12. The fourth-order valence-corrected chi connectivity index (χ4v) is 2.51. The Morgan fingerprint density at radius 1 is 1.62 bits per heavy atom. The summed E-state index contributed by atoms with van der Waals surface area (Å²) in [6.45, 7) is 1.49. The van der Waals surface area contributed by atoms with E-state index in [1.165, 1.54) is 26.2 Å². The maximum atomic E-state index is 10.8. The third-order valence-electron chi connectivity index (χ3n) is 3.07. The smallest absolute Gasteiger partial charge is 0.302 e. The van der Waals surface area contributed by atoms with E-state index in [1.807, 2.05) is 0 Å². The summed E-state index contributed by atoms with van der Waals surface area (Å²) < 4.78 is 5.22. The highest BCUT2D eigenvalue weighted by Crippen LogP contribution is 2.38. The molecule has 2 aliphatic carbocycles. The Hall–Kier alpha value is -0.790. The second-order valence-corrected chi connectivity index (χ2v) is 4.07. The molecular formula is C11H16O2. The molecule has 0 aliphatic heterocycles. The molecule has 72 valence electrons. The third kappa shape index (κ3) is 1.93. The molecule has 1 saturated carbocycles. The molecule has 0 aromatic carbocycles. The molecule has 0 radical (unpaired) electrons. The molecular weight excluding hydrogens is 164 g/mol. The van der Waals surface area contributed by atoms with Crippen LogP contribution in [0.3, 0.4) is 0 Å². The highest BCUT2D eigenvalue weighted by molar-refractivity contribution is 5.66. The lowest BCUT2D eigenvalue weighted by Gasteiger charge is -2.25. The van der Waals surface area contributed by atoms with Crippen molar-refractivity contribution in [3.05, 3.63) is 11.6 Å². The summed E-state index contributed by atoms with van der Waals surface area (Å²) in [4.78, 5) is 10.8. The van der Waals surface area contributed by atoms with Crippen molar-refractivity contribution < 1.29 is 9.53 Å². The zero-order valence-corrected chi connectivity index (χ0v) is 8.08. The zero-order chi connectivity index (χ0) is 9.26. The van der Waals surface area contributed by atoms with E-state index >= 15 is 0 Å². The molecule has 0 amide bonds. The van der Waals surface area contributed by atoms with Crippen molar-refractivity contribution >= 4 is 5.97 Å². The number of hydrogen-bond donors (Lipinski definition) is 0. The number of ether oxygens (including phenoxy) is 1. The van der Waals surface area contributed by atoms with Gasteiger partial charge in [0.15, 0.2) is 0 Å². The number of carbonyl (C=O) groups is 1. The Balaban J connectivity index is 1.95. The van der Waals surface area contributed by atoms with Crippen LogP contribution in [-0.4, -0.2) is 12.1 Å². The number of rotatable bonds is 1. The fraction of sp³-hybridized carbons (Fsp3) is 0.727. The van der Waals surface area contributed by atoms with Gasteiger partial charge < -0.3 is 4.74 Å². The molecule has 0 spiro atoms. The number of carbonyl (C=O) groups excluding carboxylic acids is 1. The maximum Gasteiger partial charge on any atom is 0.302 e. The highest BCUT2D eigenvalue weighted by Gasteiger charge is 2.28. The molecule has 2 unspecified atom stereocenters. The monoisotopic (exact) mass is 180 g/mol. The van der Waals surface area contributed by atoms with Crippen LogP contribution in [0.4, 0.5) is 0 Å². The van der Waals surface area contributed by atoms with Gasteiger partial charge in [-0.15, -0.1) is 0 Å². The van der Waals surface area contributed by atoms with Crippen LogP contribution in [0.2, 0.25) is 0 Å². The molecule has 0 bridgehead atoms. The summed E-state index contributed by atoms with van der Waals surface area (Å²) in [6.07, 6.45) is 8.33. The van der Waals surface area contributed by atoms with Gasteiger partial charge in [-0.2, -0.15) is 0 Å². The van der Waals surface area contributed by atoms with E-state index in [0.717, 1.165) is 18.8 Å². The minimum absolute atomic E-state index is 0.139. The van der Waals surface area contributed by atoms with Gasteiger partial charge in [0, 0.05) is 13.3 Å². The SMILES string of the molecule is CC(=O)OC1CC=C2CCCC2C1. The van der Waals surface area contributed by atoms with E-state index in [2.05, 4.69) is 6.08 Å². The maximum absolute atomic E-state index is 10.8. The van der Waals surface area contributed by atoms with Crippen LogP contribution >= 0.6 is 0 Å². The topological polar surface area (TPSA) is 26.3 Å². The lowest BCUT2D eigenvalue weighted by molar-refractivity contribution is -0.147. The van der Waals surface area contributed by atoms with Gasteiger partial charge in [0.25, 0.3) is 0 Å². The normalized spacial score (nSPS) is 32.2. The minimum Gasteiger partial charge on any atom is -0.462 e. The zero-order valence-electron chi connectivity index (χ0n) is 8.08. The molecule has 2 aliphatic rings. The van der Waals surface area contributed by atoms with Crippen molar-refractivity contribution in [3.8, 4) is 0 Å². The molecule has 2 rings (SSSR count). The summed E-state index contributed by atoms with van der Waals surface area (Å²) in [5, 5.41) is 0. The number of allylic oxidation sites excluding steroid dienone is 1. The van der Waals surface area contributed by atoms with Crippen LogP contribution in [0.15, 0.2) is 11.6 Å². The standard InChI is InChI=1S/C11H16O2/c1-8(12)13-11-6-5-9-3-2-4-10(9)7-11/h5,10-11H,2-4,6-7H2,1H3. The molecule has 0 aromatic heterocycles. The average Bonchev–Trinajstić information content (AvgIpc) is 2.49. The molecule has 2 nitrogen and oxygen atoms in total. The second kappa shape index (κ2) is 3.52. The molecule has 0 N–H and O–H groups in total. The van der Waals surface area contributed by atoms with Gasteiger partial charge in [0.1, 0.15) is 6.10 Å². The first-order valence-corrected chi connectivity index (χ1v) is 5.12. The predicted octanol–water partition coefficient (Wildman–Crippen LogP) is 2.44. The highest BCUT2D eigenvalue weighted by atomic mass is 16.5. The third-order valence-corrected chi connectivity index (χ3v) is 3.07. The van der Waals surface area contributed by atoms with Crippen molar-refractivity contribution in [1.82, 2.24) is 0 Å². The Bertz CT molecular complexity index is 242. The molecule has 2 heteroatoms. The first-order chi connectivity index (χ1) is 6.25.